The van der Waals surface area contributed by atoms with Crippen LogP contribution in [0.3, 0.4) is 0 Å². The number of nitrogens with one attached hydrogen (secondary N) is 1. The van der Waals surface area contributed by atoms with Gasteiger partial charge in [-0.3, -0.25) is 14.1 Å². The van der Waals surface area contributed by atoms with E-state index < -0.39 is 27.4 Å². The lowest BCUT2D eigenvalue weighted by Gasteiger charge is -2.28. The number of anilines is 1. The van der Waals surface area contributed by atoms with Gasteiger partial charge in [0, 0.05) is 12.1 Å². The molecule has 1 unspecified atom stereocenters. The lowest BCUT2D eigenvalue weighted by molar-refractivity contribution is 0.0501. The number of benzene rings is 2. The number of pyridine rings is 1. The van der Waals surface area contributed by atoms with Gasteiger partial charge in [-0.15, -0.1) is 5.11 Å². The van der Waals surface area contributed by atoms with Gasteiger partial charge in [-0.25, -0.2) is 13.2 Å². The lowest BCUT2D eigenvalue weighted by atomic mass is 9.97. The summed E-state index contributed by atoms with van der Waals surface area (Å²) in [7, 11) is -3.89. The van der Waals surface area contributed by atoms with Crippen molar-refractivity contribution in [1.29, 1.82) is 0 Å². The molecule has 3 rings (SSSR count). The van der Waals surface area contributed by atoms with E-state index in [-0.39, 0.29) is 40.2 Å². The smallest absolute Gasteiger partial charge is 0.344 e. The molecular formula is C32H42N4O6S. The molecule has 0 saturated heterocycles. The number of nitrogens with zero attached hydrogens (tertiary/aromatic N) is 3. The van der Waals surface area contributed by atoms with E-state index in [4.69, 9.17) is 4.74 Å². The van der Waals surface area contributed by atoms with Crippen LogP contribution in [-0.4, -0.2) is 37.6 Å². The first-order valence-electron chi connectivity index (χ1n) is 14.8. The zero-order valence-electron chi connectivity index (χ0n) is 25.5. The largest absolute Gasteiger partial charge is 0.493 e. The fourth-order valence-corrected chi connectivity index (χ4v) is 6.28. The highest BCUT2D eigenvalue weighted by atomic mass is 32.2. The maximum atomic E-state index is 13.9. The molecule has 0 amide bonds. The minimum Gasteiger partial charge on any atom is -0.493 e. The number of H-pyrrole nitrogens is 1. The van der Waals surface area contributed by atoms with Gasteiger partial charge in [0.15, 0.2) is 5.69 Å². The number of carbonyl (C=O) groups excluding carboxylic acids is 1. The molecule has 0 radical (unpaired) electrons. The van der Waals surface area contributed by atoms with Crippen molar-refractivity contribution in [1.82, 2.24) is 4.98 Å². The fourth-order valence-electron chi connectivity index (χ4n) is 4.74. The molecule has 0 fully saturated rings. The quantitative estimate of drug-likeness (QED) is 0.134. The average Bonchev–Trinajstić information content (AvgIpc) is 2.99. The van der Waals surface area contributed by atoms with Crippen molar-refractivity contribution in [3.8, 4) is 5.88 Å². The molecule has 1 aromatic heterocycles. The molecule has 0 aliphatic rings. The molecule has 0 spiro atoms. The van der Waals surface area contributed by atoms with Gasteiger partial charge >= 0.3 is 5.97 Å². The van der Waals surface area contributed by atoms with Gasteiger partial charge in [-0.2, -0.15) is 5.11 Å². The zero-order chi connectivity index (χ0) is 31.6. The van der Waals surface area contributed by atoms with Crippen molar-refractivity contribution < 1.29 is 23.1 Å². The van der Waals surface area contributed by atoms with Gasteiger partial charge in [-0.05, 0) is 61.1 Å². The Morgan fingerprint density at radius 3 is 2.26 bits per heavy atom. The van der Waals surface area contributed by atoms with Gasteiger partial charge in [0.1, 0.15) is 5.56 Å². The van der Waals surface area contributed by atoms with Crippen molar-refractivity contribution in [2.24, 2.45) is 16.1 Å². The SMILES string of the molecule is CCCCC(CC)CN(c1ccccc1)S(=O)(=O)c1ccc(/N=N/c2c(O)[nH]c(=O)c(C(=O)OCCC)c2C(C)C)cc1. The highest BCUT2D eigenvalue weighted by Crippen LogP contribution is 2.36. The molecule has 0 saturated carbocycles. The Kier molecular flexibility index (Phi) is 12.1. The molecule has 2 aromatic carbocycles. The number of rotatable bonds is 15. The third-order valence-corrected chi connectivity index (χ3v) is 8.94. The second-order valence-corrected chi connectivity index (χ2v) is 12.6. The highest BCUT2D eigenvalue weighted by molar-refractivity contribution is 7.92. The molecule has 11 heteroatoms. The van der Waals surface area contributed by atoms with Crippen molar-refractivity contribution in [3.63, 3.8) is 0 Å². The summed E-state index contributed by atoms with van der Waals surface area (Å²) in [5.41, 5.74) is 0.0417. The van der Waals surface area contributed by atoms with E-state index in [9.17, 15) is 23.1 Å². The van der Waals surface area contributed by atoms with Crippen LogP contribution in [0.4, 0.5) is 17.1 Å². The molecule has 10 nitrogen and oxygen atoms in total. The Balaban J connectivity index is 1.96. The number of aromatic hydroxyl groups is 1. The average molecular weight is 611 g/mol. The van der Waals surface area contributed by atoms with Crippen LogP contribution in [0.25, 0.3) is 0 Å². The van der Waals surface area contributed by atoms with Crippen LogP contribution >= 0.6 is 0 Å². The second kappa shape index (κ2) is 15.5. The first-order chi connectivity index (χ1) is 20.5. The third kappa shape index (κ3) is 8.31. The number of para-hydroxylation sites is 1. The Hall–Kier alpha value is -3.99. The normalized spacial score (nSPS) is 12.5. The molecule has 3 aromatic rings. The van der Waals surface area contributed by atoms with E-state index in [1.165, 1.54) is 28.6 Å². The molecule has 2 N–H and O–H groups in total. The topological polar surface area (TPSA) is 141 Å². The summed E-state index contributed by atoms with van der Waals surface area (Å²) in [6, 6.07) is 15.0. The predicted octanol–water partition coefficient (Wildman–Crippen LogP) is 7.60. The van der Waals surface area contributed by atoms with Gasteiger partial charge in [-0.1, -0.05) is 72.1 Å². The fraction of sp³-hybridized carbons (Fsp3) is 0.438. The van der Waals surface area contributed by atoms with Gasteiger partial charge in [0.05, 0.1) is 22.9 Å². The van der Waals surface area contributed by atoms with E-state index in [0.717, 1.165) is 25.7 Å². The Morgan fingerprint density at radius 2 is 1.67 bits per heavy atom. The molecule has 0 aliphatic heterocycles. The summed E-state index contributed by atoms with van der Waals surface area (Å²) < 4.78 is 34.4. The maximum Gasteiger partial charge on any atom is 0.344 e. The summed E-state index contributed by atoms with van der Waals surface area (Å²) in [6.45, 7) is 10.1. The zero-order valence-corrected chi connectivity index (χ0v) is 26.4. The van der Waals surface area contributed by atoms with Crippen molar-refractivity contribution in [3.05, 3.63) is 76.1 Å². The molecule has 1 atom stereocenters. The van der Waals surface area contributed by atoms with Gasteiger partial charge in [0.2, 0.25) is 5.88 Å². The number of carbonyl (C=O) groups is 1. The molecule has 43 heavy (non-hydrogen) atoms. The first-order valence-corrected chi connectivity index (χ1v) is 16.2. The maximum absolute atomic E-state index is 13.9. The summed E-state index contributed by atoms with van der Waals surface area (Å²) in [5, 5.41) is 18.8. The molecule has 232 valence electrons. The number of unbranched alkanes of at least 4 members (excludes halogenated alkanes) is 1. The standard InChI is InChI=1S/C32H42N4O6S/c1-6-9-13-23(8-3)21-36(25-14-11-10-12-15-25)43(40,41)26-18-16-24(17-19-26)34-35-29-27(22(4)5)28(30(37)33-31(29)38)32(39)42-20-7-2/h10-12,14-19,22-23H,6-9,13,20-21H2,1-5H3,(H2,33,37,38)/b35-34+. The Labute approximate surface area is 253 Å². The van der Waals surface area contributed by atoms with Crippen molar-refractivity contribution in [2.45, 2.75) is 77.5 Å². The van der Waals surface area contributed by atoms with Gasteiger partial charge < -0.3 is 9.84 Å². The number of hydrogen-bond acceptors (Lipinski definition) is 8. The molecule has 1 heterocycles. The van der Waals surface area contributed by atoms with Crippen LogP contribution in [0.15, 0.2) is 74.5 Å². The van der Waals surface area contributed by atoms with E-state index in [0.29, 0.717) is 24.3 Å². The number of sulfonamides is 1. The van der Waals surface area contributed by atoms with Crippen LogP contribution < -0.4 is 9.86 Å². The second-order valence-electron chi connectivity index (χ2n) is 10.7. The number of ether oxygens (including phenoxy) is 1. The summed E-state index contributed by atoms with van der Waals surface area (Å²) in [5.74, 6) is -1.49. The van der Waals surface area contributed by atoms with E-state index in [1.807, 2.05) is 25.1 Å². The highest BCUT2D eigenvalue weighted by Gasteiger charge is 2.28. The van der Waals surface area contributed by atoms with Crippen LogP contribution in [0, 0.1) is 5.92 Å². The Bertz CT molecular complexity index is 1550. The number of esters is 1. The molecule has 0 aliphatic carbocycles. The minimum absolute atomic E-state index is 0.0670. The minimum atomic E-state index is -3.89. The number of hydrogen-bond donors (Lipinski definition) is 2. The first kappa shape index (κ1) is 33.5. The summed E-state index contributed by atoms with van der Waals surface area (Å²) in [4.78, 5) is 27.6. The summed E-state index contributed by atoms with van der Waals surface area (Å²) in [6.07, 6.45) is 4.47. The van der Waals surface area contributed by atoms with Gasteiger partial charge in [0.25, 0.3) is 15.6 Å². The molecule has 0 bridgehead atoms. The predicted molar refractivity (Wildman–Crippen MR) is 168 cm³/mol. The van der Waals surface area contributed by atoms with Crippen LogP contribution in [0.1, 0.15) is 88.6 Å². The lowest BCUT2D eigenvalue weighted by Crippen LogP contribution is -2.35. The third-order valence-electron chi connectivity index (χ3n) is 7.13. The number of aromatic nitrogens is 1. The van der Waals surface area contributed by atoms with Crippen LogP contribution in [0.2, 0.25) is 0 Å². The van der Waals surface area contributed by atoms with E-state index in [2.05, 4.69) is 29.1 Å². The van der Waals surface area contributed by atoms with Crippen LogP contribution in [-0.2, 0) is 14.8 Å². The number of aromatic amines is 1. The van der Waals surface area contributed by atoms with E-state index in [1.54, 1.807) is 26.0 Å². The van der Waals surface area contributed by atoms with Crippen molar-refractivity contribution >= 4 is 33.1 Å². The summed E-state index contributed by atoms with van der Waals surface area (Å²) >= 11 is 0. The molecular weight excluding hydrogens is 568 g/mol. The monoisotopic (exact) mass is 610 g/mol. The number of azo groups is 1. The van der Waals surface area contributed by atoms with Crippen LogP contribution in [0.5, 0.6) is 5.88 Å². The van der Waals surface area contributed by atoms with Crippen molar-refractivity contribution in [2.75, 3.05) is 17.5 Å². The van der Waals surface area contributed by atoms with E-state index >= 15 is 0 Å². The Morgan fingerprint density at radius 1 is 1.00 bits per heavy atom.